The number of anilines is 1. The lowest BCUT2D eigenvalue weighted by atomic mass is 10.1. The van der Waals surface area contributed by atoms with Crippen molar-refractivity contribution in [3.63, 3.8) is 0 Å². The third-order valence-corrected chi connectivity index (χ3v) is 5.83. The zero-order valence-corrected chi connectivity index (χ0v) is 16.7. The topological polar surface area (TPSA) is 58.2 Å². The molecule has 2 fully saturated rings. The number of alkyl halides is 2. The highest BCUT2D eigenvalue weighted by Gasteiger charge is 2.57. The van der Waals surface area contributed by atoms with Gasteiger partial charge in [0.2, 0.25) is 0 Å². The van der Waals surface area contributed by atoms with E-state index in [9.17, 15) is 14.0 Å². The van der Waals surface area contributed by atoms with Crippen LogP contribution in [0.4, 0.5) is 14.5 Å². The average molecular weight is 410 g/mol. The van der Waals surface area contributed by atoms with Gasteiger partial charge in [-0.1, -0.05) is 18.2 Å². The Hall–Kier alpha value is -3.21. The number of amidine groups is 1. The van der Waals surface area contributed by atoms with Gasteiger partial charge in [-0.25, -0.2) is 8.78 Å². The number of nitriles is 1. The van der Waals surface area contributed by atoms with Crippen LogP contribution in [0.1, 0.15) is 12.8 Å². The fourth-order valence-corrected chi connectivity index (χ4v) is 3.98. The number of rotatable bonds is 5. The summed E-state index contributed by atoms with van der Waals surface area (Å²) >= 11 is 0. The first kappa shape index (κ1) is 20.1. The van der Waals surface area contributed by atoms with Crippen molar-refractivity contribution in [1.29, 1.82) is 5.26 Å². The maximum atomic E-state index is 13.4. The van der Waals surface area contributed by atoms with Crippen LogP contribution in [0, 0.1) is 17.2 Å². The monoisotopic (exact) mass is 410 g/mol. The van der Waals surface area contributed by atoms with Gasteiger partial charge in [0.05, 0.1) is 23.9 Å². The van der Waals surface area contributed by atoms with E-state index in [1.165, 1.54) is 5.69 Å². The summed E-state index contributed by atoms with van der Waals surface area (Å²) in [5, 5.41) is 17.2. The molecule has 1 unspecified atom stereocenters. The van der Waals surface area contributed by atoms with Gasteiger partial charge < -0.3 is 14.7 Å². The SMILES string of the molecule is C=N/N=C(/CC1CC1(F)F)N1C=CC(N2CCN(c3ccccc3)CC2)=C(C#N)C1. The van der Waals surface area contributed by atoms with Gasteiger partial charge in [-0.15, -0.1) is 5.10 Å². The first-order chi connectivity index (χ1) is 14.5. The Morgan fingerprint density at radius 1 is 1.17 bits per heavy atom. The molecule has 8 heteroatoms. The van der Waals surface area contributed by atoms with Crippen molar-refractivity contribution in [2.75, 3.05) is 37.6 Å². The molecule has 0 spiro atoms. The minimum Gasteiger partial charge on any atom is -0.368 e. The summed E-state index contributed by atoms with van der Waals surface area (Å²) in [6.07, 6.45) is 3.69. The summed E-state index contributed by atoms with van der Waals surface area (Å²) < 4.78 is 26.7. The highest BCUT2D eigenvalue weighted by atomic mass is 19.3. The summed E-state index contributed by atoms with van der Waals surface area (Å²) in [5.41, 5.74) is 2.70. The van der Waals surface area contributed by atoms with Crippen LogP contribution >= 0.6 is 0 Å². The molecule has 156 valence electrons. The molecule has 4 rings (SSSR count). The predicted molar refractivity (Wildman–Crippen MR) is 113 cm³/mol. The summed E-state index contributed by atoms with van der Waals surface area (Å²) in [4.78, 5) is 6.27. The summed E-state index contributed by atoms with van der Waals surface area (Å²) in [5.74, 6) is -2.92. The minimum atomic E-state index is -2.63. The van der Waals surface area contributed by atoms with Crippen LogP contribution in [0.2, 0.25) is 0 Å². The standard InChI is InChI=1S/C22H24F2N6/c1-26-27-21(13-18-14-22(18,23)24)30-8-7-20(17(15-25)16-30)29-11-9-28(10-12-29)19-5-3-2-4-6-19/h2-8,18H,1,9-14,16H2/b27-21-. The number of halogens is 2. The van der Waals surface area contributed by atoms with Crippen molar-refractivity contribution in [3.05, 3.63) is 53.9 Å². The number of piperazine rings is 1. The minimum absolute atomic E-state index is 0.125. The molecule has 1 aliphatic carbocycles. The van der Waals surface area contributed by atoms with Gasteiger partial charge in [0.15, 0.2) is 0 Å². The number of nitrogens with zero attached hydrogens (tertiary/aromatic N) is 6. The zero-order chi connectivity index (χ0) is 21.1. The molecule has 0 radical (unpaired) electrons. The maximum absolute atomic E-state index is 13.4. The zero-order valence-electron chi connectivity index (χ0n) is 16.7. The highest BCUT2D eigenvalue weighted by molar-refractivity contribution is 5.84. The lowest BCUT2D eigenvalue weighted by Gasteiger charge is -2.39. The Kier molecular flexibility index (Phi) is 5.53. The lowest BCUT2D eigenvalue weighted by molar-refractivity contribution is 0.0998. The molecule has 0 aromatic heterocycles. The van der Waals surface area contributed by atoms with Gasteiger partial charge in [0.25, 0.3) is 5.92 Å². The second-order valence-electron chi connectivity index (χ2n) is 7.75. The Balaban J connectivity index is 1.42. The number of para-hydroxylation sites is 1. The molecule has 1 atom stereocenters. The molecule has 6 nitrogen and oxygen atoms in total. The number of allylic oxidation sites excluding steroid dienone is 1. The van der Waals surface area contributed by atoms with E-state index >= 15 is 0 Å². The van der Waals surface area contributed by atoms with E-state index in [0.717, 1.165) is 31.9 Å². The molecule has 0 amide bonds. The smallest absolute Gasteiger partial charge is 0.252 e. The number of hydrogen-bond donors (Lipinski definition) is 0. The molecular formula is C22H24F2N6. The number of hydrogen-bond acceptors (Lipinski definition) is 5. The van der Waals surface area contributed by atoms with Gasteiger partial charge in [-0.05, 0) is 18.2 Å². The van der Waals surface area contributed by atoms with E-state index in [4.69, 9.17) is 0 Å². The van der Waals surface area contributed by atoms with Crippen LogP contribution in [0.5, 0.6) is 0 Å². The average Bonchev–Trinajstić information content (AvgIpc) is 3.39. The van der Waals surface area contributed by atoms with Gasteiger partial charge in [0.1, 0.15) is 5.84 Å². The molecule has 3 aliphatic rings. The predicted octanol–water partition coefficient (Wildman–Crippen LogP) is 3.47. The normalized spacial score (nSPS) is 23.4. The second kappa shape index (κ2) is 8.27. The van der Waals surface area contributed by atoms with Crippen molar-refractivity contribution >= 4 is 18.2 Å². The molecule has 1 saturated heterocycles. The molecule has 0 bridgehead atoms. The van der Waals surface area contributed by atoms with Crippen molar-refractivity contribution in [2.45, 2.75) is 18.8 Å². The van der Waals surface area contributed by atoms with Crippen LogP contribution in [0.25, 0.3) is 0 Å². The fraction of sp³-hybridized carbons (Fsp3) is 0.409. The molecule has 2 heterocycles. The van der Waals surface area contributed by atoms with Gasteiger partial charge in [-0.2, -0.15) is 10.4 Å². The summed E-state index contributed by atoms with van der Waals surface area (Å²) in [6, 6.07) is 12.6. The van der Waals surface area contributed by atoms with Crippen LogP contribution < -0.4 is 4.90 Å². The Labute approximate surface area is 175 Å². The molecule has 1 aromatic carbocycles. The third kappa shape index (κ3) is 4.20. The van der Waals surface area contributed by atoms with Crippen LogP contribution in [0.3, 0.4) is 0 Å². The highest BCUT2D eigenvalue weighted by Crippen LogP contribution is 2.51. The van der Waals surface area contributed by atoms with E-state index in [-0.39, 0.29) is 12.8 Å². The lowest BCUT2D eigenvalue weighted by Crippen LogP contribution is -2.46. The van der Waals surface area contributed by atoms with Crippen LogP contribution in [-0.4, -0.2) is 61.0 Å². The van der Waals surface area contributed by atoms with Gasteiger partial charge in [0, 0.05) is 63.5 Å². The number of benzene rings is 1. The molecule has 30 heavy (non-hydrogen) atoms. The second-order valence-corrected chi connectivity index (χ2v) is 7.75. The van der Waals surface area contributed by atoms with Gasteiger partial charge in [-0.3, -0.25) is 0 Å². The van der Waals surface area contributed by atoms with Crippen LogP contribution in [0.15, 0.2) is 64.1 Å². The largest absolute Gasteiger partial charge is 0.368 e. The quantitative estimate of drug-likeness (QED) is 0.424. The first-order valence-electron chi connectivity index (χ1n) is 10.1. The fourth-order valence-electron chi connectivity index (χ4n) is 3.98. The maximum Gasteiger partial charge on any atom is 0.252 e. The molecule has 1 aromatic rings. The van der Waals surface area contributed by atoms with Crippen molar-refractivity contribution in [1.82, 2.24) is 9.80 Å². The Morgan fingerprint density at radius 2 is 1.83 bits per heavy atom. The van der Waals surface area contributed by atoms with E-state index in [2.05, 4.69) is 44.9 Å². The van der Waals surface area contributed by atoms with Crippen LogP contribution in [-0.2, 0) is 0 Å². The summed E-state index contributed by atoms with van der Waals surface area (Å²) in [6.45, 7) is 7.01. The third-order valence-electron chi connectivity index (χ3n) is 5.83. The first-order valence-corrected chi connectivity index (χ1v) is 10.1. The van der Waals surface area contributed by atoms with E-state index in [1.54, 1.807) is 4.90 Å². The van der Waals surface area contributed by atoms with Gasteiger partial charge >= 0.3 is 0 Å². The van der Waals surface area contributed by atoms with Crippen molar-refractivity contribution in [3.8, 4) is 6.07 Å². The molecule has 0 N–H and O–H groups in total. The van der Waals surface area contributed by atoms with Crippen molar-refractivity contribution in [2.24, 2.45) is 16.1 Å². The molecule has 2 aliphatic heterocycles. The molecule has 1 saturated carbocycles. The summed E-state index contributed by atoms with van der Waals surface area (Å²) in [7, 11) is 0. The van der Waals surface area contributed by atoms with E-state index in [0.29, 0.717) is 18.0 Å². The Morgan fingerprint density at radius 3 is 2.43 bits per heavy atom. The van der Waals surface area contributed by atoms with Crippen molar-refractivity contribution < 1.29 is 8.78 Å². The Bertz CT molecular complexity index is 923. The van der Waals surface area contributed by atoms with E-state index in [1.807, 2.05) is 30.5 Å². The molecular weight excluding hydrogens is 386 g/mol. The van der Waals surface area contributed by atoms with E-state index < -0.39 is 11.8 Å².